The normalized spacial score (nSPS) is 16.5. The molecule has 0 unspecified atom stereocenters. The van der Waals surface area contributed by atoms with Gasteiger partial charge in [0.25, 0.3) is 0 Å². The lowest BCUT2D eigenvalue weighted by atomic mass is 9.74. The van der Waals surface area contributed by atoms with Crippen LogP contribution in [0.25, 0.3) is 0 Å². The number of aromatic nitrogens is 1. The number of ether oxygens (including phenoxy) is 1. The number of rotatable bonds is 1. The van der Waals surface area contributed by atoms with E-state index in [9.17, 15) is 10.1 Å². The highest BCUT2D eigenvalue weighted by Gasteiger charge is 2.40. The molecular formula is C18H26ClN3O2. The molecule has 1 aromatic heterocycles. The van der Waals surface area contributed by atoms with Crippen molar-refractivity contribution in [3.05, 3.63) is 29.0 Å². The van der Waals surface area contributed by atoms with Crippen LogP contribution in [0, 0.1) is 11.3 Å². The van der Waals surface area contributed by atoms with Crippen LogP contribution in [0.3, 0.4) is 0 Å². The van der Waals surface area contributed by atoms with Gasteiger partial charge in [0.2, 0.25) is 0 Å². The van der Waals surface area contributed by atoms with Gasteiger partial charge in [-0.05, 0) is 39.7 Å². The third-order valence-electron chi connectivity index (χ3n) is 3.76. The topological polar surface area (TPSA) is 66.2 Å². The van der Waals surface area contributed by atoms with Crippen molar-refractivity contribution in [2.45, 2.75) is 58.5 Å². The third-order valence-corrected chi connectivity index (χ3v) is 4.06. The number of piperidine rings is 1. The average molecular weight is 352 g/mol. The third kappa shape index (κ3) is 4.85. The highest BCUT2D eigenvalue weighted by atomic mass is 35.5. The second-order valence-corrected chi connectivity index (χ2v) is 6.86. The highest BCUT2D eigenvalue weighted by molar-refractivity contribution is 6.30. The number of nitriles is 1. The molecule has 0 bridgehead atoms. The van der Waals surface area contributed by atoms with Crippen LogP contribution in [0.4, 0.5) is 4.79 Å². The van der Waals surface area contributed by atoms with Crippen molar-refractivity contribution in [3.63, 3.8) is 0 Å². The standard InChI is InChI=1S/C16H20ClN3O2.C2H6/c1-15(2,3)22-14(21)20-9-6-16(11-18,7-10-20)12-5-4-8-19-13(12)17;1-2/h4-5,8H,6-7,9-10H2,1-3H3;1-2H3. The molecule has 5 nitrogen and oxygen atoms in total. The van der Waals surface area contributed by atoms with Gasteiger partial charge in [0.05, 0.1) is 11.5 Å². The van der Waals surface area contributed by atoms with Gasteiger partial charge in [0.1, 0.15) is 10.8 Å². The van der Waals surface area contributed by atoms with Gasteiger partial charge in [-0.25, -0.2) is 9.78 Å². The molecule has 1 aliphatic heterocycles. The van der Waals surface area contributed by atoms with Gasteiger partial charge in [-0.3, -0.25) is 0 Å². The molecule has 2 heterocycles. The maximum absolute atomic E-state index is 12.1. The summed E-state index contributed by atoms with van der Waals surface area (Å²) in [5, 5.41) is 10.0. The monoisotopic (exact) mass is 351 g/mol. The van der Waals surface area contributed by atoms with E-state index in [0.29, 0.717) is 31.1 Å². The van der Waals surface area contributed by atoms with Gasteiger partial charge < -0.3 is 9.64 Å². The van der Waals surface area contributed by atoms with Crippen LogP contribution in [0.15, 0.2) is 18.3 Å². The Labute approximate surface area is 149 Å². The number of hydrogen-bond acceptors (Lipinski definition) is 4. The fraction of sp³-hybridized carbons (Fsp3) is 0.611. The molecule has 0 aliphatic carbocycles. The molecule has 6 heteroatoms. The fourth-order valence-electron chi connectivity index (χ4n) is 2.58. The Morgan fingerprint density at radius 1 is 1.38 bits per heavy atom. The first-order valence-corrected chi connectivity index (χ1v) is 8.65. The molecule has 1 aliphatic rings. The molecule has 1 amide bonds. The molecule has 24 heavy (non-hydrogen) atoms. The molecule has 132 valence electrons. The number of pyridine rings is 1. The number of amides is 1. The zero-order valence-corrected chi connectivity index (χ0v) is 15.9. The summed E-state index contributed by atoms with van der Waals surface area (Å²) in [6.45, 7) is 10.4. The van der Waals surface area contributed by atoms with Crippen LogP contribution >= 0.6 is 11.6 Å². The molecule has 0 saturated carbocycles. The van der Waals surface area contributed by atoms with Crippen LogP contribution < -0.4 is 0 Å². The SMILES string of the molecule is CC.CC(C)(C)OC(=O)N1CCC(C#N)(c2cccnc2Cl)CC1. The maximum Gasteiger partial charge on any atom is 0.410 e. The molecule has 0 spiro atoms. The van der Waals surface area contributed by atoms with Crippen LogP contribution in [0.5, 0.6) is 0 Å². The van der Waals surface area contributed by atoms with Crippen LogP contribution in [0.2, 0.25) is 5.15 Å². The Kier molecular flexibility index (Phi) is 7.04. The number of nitrogens with zero attached hydrogens (tertiary/aromatic N) is 3. The summed E-state index contributed by atoms with van der Waals surface area (Å²) in [7, 11) is 0. The van der Waals surface area contributed by atoms with Crippen LogP contribution in [-0.4, -0.2) is 34.7 Å². The van der Waals surface area contributed by atoms with Gasteiger partial charge in [-0.15, -0.1) is 0 Å². The molecular weight excluding hydrogens is 326 g/mol. The average Bonchev–Trinajstić information content (AvgIpc) is 2.55. The van der Waals surface area contributed by atoms with E-state index in [2.05, 4.69) is 11.1 Å². The minimum atomic E-state index is -0.691. The van der Waals surface area contributed by atoms with Crippen LogP contribution in [0.1, 0.15) is 53.0 Å². The lowest BCUT2D eigenvalue weighted by Crippen LogP contribution is -2.46. The number of carbonyl (C=O) groups is 1. The second kappa shape index (κ2) is 8.34. The molecule has 2 rings (SSSR count). The summed E-state index contributed by atoms with van der Waals surface area (Å²) < 4.78 is 5.37. The molecule has 0 N–H and O–H groups in total. The van der Waals surface area contributed by atoms with Gasteiger partial charge in [-0.2, -0.15) is 5.26 Å². The van der Waals surface area contributed by atoms with E-state index in [1.165, 1.54) is 0 Å². The van der Waals surface area contributed by atoms with E-state index in [-0.39, 0.29) is 6.09 Å². The van der Waals surface area contributed by atoms with E-state index < -0.39 is 11.0 Å². The first-order valence-electron chi connectivity index (χ1n) is 8.28. The lowest BCUT2D eigenvalue weighted by Gasteiger charge is -2.38. The number of likely N-dealkylation sites (tertiary alicyclic amines) is 1. The molecule has 0 aromatic carbocycles. The first-order chi connectivity index (χ1) is 11.3. The molecule has 1 saturated heterocycles. The Morgan fingerprint density at radius 2 is 1.96 bits per heavy atom. The molecule has 0 radical (unpaired) electrons. The second-order valence-electron chi connectivity index (χ2n) is 6.50. The molecule has 0 atom stereocenters. The maximum atomic E-state index is 12.1. The highest BCUT2D eigenvalue weighted by Crippen LogP contribution is 2.38. The van der Waals surface area contributed by atoms with Crippen molar-refractivity contribution in [2.24, 2.45) is 0 Å². The summed E-state index contributed by atoms with van der Waals surface area (Å²) in [5.41, 5.74) is -0.472. The summed E-state index contributed by atoms with van der Waals surface area (Å²) in [6, 6.07) is 5.99. The van der Waals surface area contributed by atoms with Crippen molar-refractivity contribution in [1.29, 1.82) is 5.26 Å². The zero-order chi connectivity index (χ0) is 18.4. The predicted molar refractivity (Wildman–Crippen MR) is 94.9 cm³/mol. The predicted octanol–water partition coefficient (Wildman–Crippen LogP) is 4.55. The van der Waals surface area contributed by atoms with Crippen molar-refractivity contribution in [2.75, 3.05) is 13.1 Å². The summed E-state index contributed by atoms with van der Waals surface area (Å²) in [6.07, 6.45) is 2.31. The Balaban J connectivity index is 0.00000139. The quantitative estimate of drug-likeness (QED) is 0.696. The van der Waals surface area contributed by atoms with Crippen molar-refractivity contribution >= 4 is 17.7 Å². The minimum absolute atomic E-state index is 0.337. The van der Waals surface area contributed by atoms with Gasteiger partial charge in [-0.1, -0.05) is 31.5 Å². The number of hydrogen-bond donors (Lipinski definition) is 0. The summed E-state index contributed by atoms with van der Waals surface area (Å²) >= 11 is 6.14. The number of halogens is 1. The Morgan fingerprint density at radius 3 is 2.42 bits per heavy atom. The first kappa shape index (κ1) is 20.2. The summed E-state index contributed by atoms with van der Waals surface area (Å²) in [5.74, 6) is 0. The smallest absolute Gasteiger partial charge is 0.410 e. The zero-order valence-electron chi connectivity index (χ0n) is 15.1. The van der Waals surface area contributed by atoms with E-state index in [0.717, 1.165) is 5.56 Å². The van der Waals surface area contributed by atoms with Gasteiger partial charge in [0.15, 0.2) is 0 Å². The summed E-state index contributed by atoms with van der Waals surface area (Å²) in [4.78, 5) is 17.8. The molecule has 1 aromatic rings. The fourth-order valence-corrected chi connectivity index (χ4v) is 2.88. The van der Waals surface area contributed by atoms with E-state index in [1.54, 1.807) is 17.2 Å². The minimum Gasteiger partial charge on any atom is -0.444 e. The van der Waals surface area contributed by atoms with Gasteiger partial charge in [0, 0.05) is 24.8 Å². The van der Waals surface area contributed by atoms with Crippen LogP contribution in [-0.2, 0) is 10.2 Å². The van der Waals surface area contributed by atoms with Gasteiger partial charge >= 0.3 is 6.09 Å². The van der Waals surface area contributed by atoms with Crippen molar-refractivity contribution in [1.82, 2.24) is 9.88 Å². The Bertz CT molecular complexity index is 597. The Hall–Kier alpha value is -1.80. The van der Waals surface area contributed by atoms with Crippen molar-refractivity contribution < 1.29 is 9.53 Å². The molecule has 1 fully saturated rings. The van der Waals surface area contributed by atoms with Crippen molar-refractivity contribution in [3.8, 4) is 6.07 Å². The largest absolute Gasteiger partial charge is 0.444 e. The van der Waals surface area contributed by atoms with E-state index in [4.69, 9.17) is 16.3 Å². The van der Waals surface area contributed by atoms with E-state index in [1.807, 2.05) is 40.7 Å². The van der Waals surface area contributed by atoms with E-state index >= 15 is 0 Å². The lowest BCUT2D eigenvalue weighted by molar-refractivity contribution is 0.0185. The number of carbonyl (C=O) groups excluding carboxylic acids is 1.